The Kier molecular flexibility index (Phi) is 6.93. The molecule has 40 heavy (non-hydrogen) atoms. The molecule has 2 saturated carbocycles. The largest absolute Gasteiger partial charge is 0.507 e. The van der Waals surface area contributed by atoms with E-state index in [1.54, 1.807) is 18.2 Å². The summed E-state index contributed by atoms with van der Waals surface area (Å²) in [6, 6.07) is 7.88. The van der Waals surface area contributed by atoms with E-state index in [-0.39, 0.29) is 30.0 Å². The summed E-state index contributed by atoms with van der Waals surface area (Å²) in [5.74, 6) is -11.1. The highest BCUT2D eigenvalue weighted by molar-refractivity contribution is 6.32. The number of fused-ring (bicyclic) bond motifs is 3. The molecule has 3 aliphatic carbocycles. The number of phenols is 1. The Morgan fingerprint density at radius 3 is 2.38 bits per heavy atom. The number of nitrogens with zero attached hydrogens (tertiary/aromatic N) is 1. The second kappa shape index (κ2) is 9.99. The molecule has 0 spiro atoms. The molecule has 0 heterocycles. The van der Waals surface area contributed by atoms with Crippen molar-refractivity contribution in [3.8, 4) is 5.75 Å². The minimum atomic E-state index is -2.75. The van der Waals surface area contributed by atoms with Gasteiger partial charge in [-0.3, -0.25) is 28.9 Å². The van der Waals surface area contributed by atoms with Crippen molar-refractivity contribution in [3.63, 3.8) is 0 Å². The van der Waals surface area contributed by atoms with Crippen LogP contribution in [0.15, 0.2) is 36.4 Å². The summed E-state index contributed by atoms with van der Waals surface area (Å²) in [7, 11) is 3.08. The molecule has 3 unspecified atom stereocenters. The van der Waals surface area contributed by atoms with Crippen molar-refractivity contribution < 1.29 is 38.6 Å². The number of rotatable bonds is 6. The molecule has 0 radical (unpaired) electrons. The molecule has 6 atom stereocenters. The number of halogens is 1. The molecule has 0 bridgehead atoms. The molecule has 2 fully saturated rings. The first-order valence-corrected chi connectivity index (χ1v) is 13.0. The normalized spacial score (nSPS) is 29.7. The number of nitrogens with one attached hydrogen (secondary N) is 1. The van der Waals surface area contributed by atoms with Gasteiger partial charge >= 0.3 is 0 Å². The van der Waals surface area contributed by atoms with Crippen LogP contribution in [0.25, 0.3) is 0 Å². The average Bonchev–Trinajstić information content (AvgIpc) is 2.88. The molecule has 11 heteroatoms. The number of hydrogen-bond acceptors (Lipinski definition) is 9. The number of phenolic OH excluding ortho intramolecular Hbond substituents is 1. The molecule has 10 nitrogen and oxygen atoms in total. The second-order valence-electron chi connectivity index (χ2n) is 11.1. The van der Waals surface area contributed by atoms with Crippen LogP contribution < -0.4 is 11.1 Å². The Morgan fingerprint density at radius 1 is 1.07 bits per heavy atom. The number of likely N-dealkylation sites (N-methyl/N-ethyl adjacent to an activating group) is 1. The topological polar surface area (TPSA) is 167 Å². The fourth-order valence-corrected chi connectivity index (χ4v) is 6.78. The molecule has 3 aliphatic rings. The zero-order chi connectivity index (χ0) is 29.1. The van der Waals surface area contributed by atoms with Crippen molar-refractivity contribution >= 4 is 29.0 Å². The van der Waals surface area contributed by atoms with Crippen molar-refractivity contribution in [1.82, 2.24) is 10.2 Å². The summed E-state index contributed by atoms with van der Waals surface area (Å²) >= 11 is 0. The molecule has 0 saturated heterocycles. The number of primary amides is 1. The maximum Gasteiger partial charge on any atom is 0.235 e. The van der Waals surface area contributed by atoms with Gasteiger partial charge in [0.15, 0.2) is 34.7 Å². The van der Waals surface area contributed by atoms with Crippen LogP contribution in [-0.4, -0.2) is 69.9 Å². The number of Topliss-reactive ketones (excluding diaryl/α,β-unsaturated/α-hetero) is 4. The number of aliphatic hydroxyl groups is 1. The second-order valence-corrected chi connectivity index (χ2v) is 11.1. The monoisotopic (exact) mass is 551 g/mol. The Bertz CT molecular complexity index is 1440. The number of ketones is 4. The van der Waals surface area contributed by atoms with Crippen LogP contribution in [0.3, 0.4) is 0 Å². The number of carbonyl (C=O) groups excluding carboxylic acids is 5. The number of aromatic hydroxyl groups is 1. The van der Waals surface area contributed by atoms with E-state index in [1.165, 1.54) is 37.2 Å². The third-order valence-corrected chi connectivity index (χ3v) is 8.60. The maximum atomic E-state index is 13.8. The zero-order valence-electron chi connectivity index (χ0n) is 22.0. The lowest BCUT2D eigenvalue weighted by Crippen LogP contribution is -2.74. The van der Waals surface area contributed by atoms with E-state index in [0.29, 0.717) is 24.2 Å². The van der Waals surface area contributed by atoms with Crippen molar-refractivity contribution in [1.29, 1.82) is 0 Å². The van der Waals surface area contributed by atoms with Crippen molar-refractivity contribution in [2.24, 2.45) is 29.4 Å². The van der Waals surface area contributed by atoms with E-state index in [1.807, 2.05) is 0 Å². The quantitative estimate of drug-likeness (QED) is 0.369. The first-order valence-electron chi connectivity index (χ1n) is 13.0. The third kappa shape index (κ3) is 4.16. The van der Waals surface area contributed by atoms with E-state index in [0.717, 1.165) is 5.56 Å². The SMILES string of the molecule is CN(C)C1C(=O)C(C(N)=O)C(=O)[C@@]2(O)C(=O)C3C(=O)c4c(O)ccc(CNCc5ccc(F)cc5)c4C[C@H]3C[C@@H]12. The van der Waals surface area contributed by atoms with Crippen molar-refractivity contribution in [3.05, 3.63) is 64.5 Å². The number of nitrogens with two attached hydrogens (primary N) is 1. The lowest BCUT2D eigenvalue weighted by molar-refractivity contribution is -0.181. The van der Waals surface area contributed by atoms with Gasteiger partial charge in [0.25, 0.3) is 0 Å². The van der Waals surface area contributed by atoms with Gasteiger partial charge in [0.1, 0.15) is 11.6 Å². The van der Waals surface area contributed by atoms with Gasteiger partial charge in [-0.25, -0.2) is 4.39 Å². The highest BCUT2D eigenvalue weighted by atomic mass is 19.1. The van der Waals surface area contributed by atoms with Gasteiger partial charge in [-0.2, -0.15) is 0 Å². The van der Waals surface area contributed by atoms with Gasteiger partial charge in [0.2, 0.25) is 5.91 Å². The van der Waals surface area contributed by atoms with Gasteiger partial charge in [-0.15, -0.1) is 0 Å². The fourth-order valence-electron chi connectivity index (χ4n) is 6.78. The Morgan fingerprint density at radius 2 is 1.75 bits per heavy atom. The van der Waals surface area contributed by atoms with Gasteiger partial charge in [-0.1, -0.05) is 18.2 Å². The third-order valence-electron chi connectivity index (χ3n) is 8.60. The number of carbonyl (C=O) groups is 5. The Hall–Kier alpha value is -3.80. The summed E-state index contributed by atoms with van der Waals surface area (Å²) in [6.45, 7) is 0.725. The van der Waals surface area contributed by atoms with Crippen LogP contribution in [0.2, 0.25) is 0 Å². The van der Waals surface area contributed by atoms with Crippen LogP contribution >= 0.6 is 0 Å². The minimum Gasteiger partial charge on any atom is -0.507 e. The molecule has 2 aromatic carbocycles. The highest BCUT2D eigenvalue weighted by Gasteiger charge is 2.69. The molecular weight excluding hydrogens is 521 g/mol. The minimum absolute atomic E-state index is 0.0119. The molecule has 5 rings (SSSR count). The molecule has 5 N–H and O–H groups in total. The van der Waals surface area contributed by atoms with E-state index < -0.39 is 64.4 Å². The summed E-state index contributed by atoms with van der Waals surface area (Å²) in [5, 5.41) is 25.5. The van der Waals surface area contributed by atoms with E-state index >= 15 is 0 Å². The molecular formula is C29H30FN3O7. The van der Waals surface area contributed by atoms with E-state index in [4.69, 9.17) is 5.73 Å². The van der Waals surface area contributed by atoms with Crippen LogP contribution in [-0.2, 0) is 38.7 Å². The lowest BCUT2D eigenvalue weighted by Gasteiger charge is -2.52. The van der Waals surface area contributed by atoms with Crippen molar-refractivity contribution in [2.45, 2.75) is 37.6 Å². The predicted molar refractivity (Wildman–Crippen MR) is 138 cm³/mol. The molecule has 2 aromatic rings. The molecule has 0 aromatic heterocycles. The fraction of sp³-hybridized carbons (Fsp3) is 0.414. The van der Waals surface area contributed by atoms with Gasteiger partial charge < -0.3 is 21.3 Å². The van der Waals surface area contributed by atoms with E-state index in [2.05, 4.69) is 5.32 Å². The molecule has 210 valence electrons. The first-order chi connectivity index (χ1) is 18.9. The predicted octanol–water partition coefficient (Wildman–Crippen LogP) is 0.296. The average molecular weight is 552 g/mol. The van der Waals surface area contributed by atoms with Crippen LogP contribution in [0.1, 0.15) is 33.5 Å². The zero-order valence-corrected chi connectivity index (χ0v) is 22.0. The lowest BCUT2D eigenvalue weighted by atomic mass is 9.52. The standard InChI is InChI=1S/C29H30FN3O7/c1-33(2)23-18-10-15-9-17-14(12-32-11-13-3-6-16(30)7-4-13)5-8-19(34)21(17)24(35)20(15)26(37)29(18,40)27(38)22(25(23)36)28(31)39/h3-8,15,18,20,22-23,32,34,40H,9-12H2,1-2H3,(H2,31,39)/t15-,18-,20?,22?,23?,29-/m0/s1. The molecule has 1 amide bonds. The number of benzene rings is 2. The molecule has 0 aliphatic heterocycles. The summed E-state index contributed by atoms with van der Waals surface area (Å²) in [4.78, 5) is 67.6. The van der Waals surface area contributed by atoms with Crippen LogP contribution in [0.5, 0.6) is 5.75 Å². The number of hydrogen-bond donors (Lipinski definition) is 4. The Balaban J connectivity index is 1.50. The van der Waals surface area contributed by atoms with Gasteiger partial charge in [-0.05, 0) is 67.7 Å². The first kappa shape index (κ1) is 27.8. The highest BCUT2D eigenvalue weighted by Crippen LogP contribution is 2.51. The summed E-state index contributed by atoms with van der Waals surface area (Å²) in [5.41, 5.74) is 4.64. The number of amides is 1. The summed E-state index contributed by atoms with van der Waals surface area (Å²) in [6.07, 6.45) is 0.176. The van der Waals surface area contributed by atoms with Crippen LogP contribution in [0, 0.1) is 29.5 Å². The van der Waals surface area contributed by atoms with Gasteiger partial charge in [0, 0.05) is 19.0 Å². The smallest absolute Gasteiger partial charge is 0.235 e. The summed E-state index contributed by atoms with van der Waals surface area (Å²) < 4.78 is 13.2. The van der Waals surface area contributed by atoms with Crippen LogP contribution in [0.4, 0.5) is 4.39 Å². The van der Waals surface area contributed by atoms with Crippen molar-refractivity contribution in [2.75, 3.05) is 14.1 Å². The van der Waals surface area contributed by atoms with E-state index in [9.17, 15) is 38.6 Å². The van der Waals surface area contributed by atoms with Gasteiger partial charge in [0.05, 0.1) is 17.5 Å². The maximum absolute atomic E-state index is 13.8. The Labute approximate surface area is 229 Å².